The second kappa shape index (κ2) is 8.41. The van der Waals surface area contributed by atoms with Crippen LogP contribution in [0.15, 0.2) is 52.3 Å². The highest BCUT2D eigenvalue weighted by molar-refractivity contribution is 7.98. The van der Waals surface area contributed by atoms with Crippen molar-refractivity contribution in [3.05, 3.63) is 53.6 Å². The number of hydrogen-bond donors (Lipinski definition) is 0. The van der Waals surface area contributed by atoms with Crippen LogP contribution in [-0.2, 0) is 29.9 Å². The van der Waals surface area contributed by atoms with E-state index in [1.54, 1.807) is 52.1 Å². The number of thioether (sulfide) groups is 1. The van der Waals surface area contributed by atoms with Crippen molar-refractivity contribution in [3.8, 4) is 0 Å². The van der Waals surface area contributed by atoms with Crippen molar-refractivity contribution in [2.24, 2.45) is 5.92 Å². The molecule has 0 aliphatic carbocycles. The van der Waals surface area contributed by atoms with Crippen molar-refractivity contribution in [3.63, 3.8) is 0 Å². The van der Waals surface area contributed by atoms with Crippen LogP contribution < -0.4 is 4.31 Å². The van der Waals surface area contributed by atoms with Gasteiger partial charge in [0, 0.05) is 10.5 Å². The Labute approximate surface area is 206 Å². The Morgan fingerprint density at radius 2 is 1.77 bits per heavy atom. The number of rotatable bonds is 4. The lowest BCUT2D eigenvalue weighted by Crippen LogP contribution is -2.56. The van der Waals surface area contributed by atoms with Gasteiger partial charge in [-0.15, -0.1) is 11.8 Å². The van der Waals surface area contributed by atoms with Crippen molar-refractivity contribution < 1.29 is 35.9 Å². The summed E-state index contributed by atoms with van der Waals surface area (Å²) in [6.07, 6.45) is -3.31. The molecule has 3 unspecified atom stereocenters. The van der Waals surface area contributed by atoms with Crippen molar-refractivity contribution in [2.45, 2.75) is 60.9 Å². The average molecular weight is 530 g/mol. The zero-order chi connectivity index (χ0) is 26.0. The number of halogens is 3. The van der Waals surface area contributed by atoms with Gasteiger partial charge in [-0.25, -0.2) is 8.42 Å². The Balaban J connectivity index is 1.99. The minimum atomic E-state index is -5.02. The van der Waals surface area contributed by atoms with Crippen molar-refractivity contribution in [1.29, 1.82) is 0 Å². The van der Waals surface area contributed by atoms with Gasteiger partial charge in [-0.1, -0.05) is 17.7 Å². The van der Waals surface area contributed by atoms with Crippen LogP contribution in [0.4, 0.5) is 18.9 Å². The smallest absolute Gasteiger partial charge is 0.423 e. The maximum atomic E-state index is 14.9. The van der Waals surface area contributed by atoms with Crippen LogP contribution in [0.5, 0.6) is 0 Å². The molecule has 4 rings (SSSR count). The first-order chi connectivity index (χ1) is 16.1. The summed E-state index contributed by atoms with van der Waals surface area (Å²) in [4.78, 5) is 13.4. The number of aryl methyl sites for hydroxylation is 1. The Bertz CT molecular complexity index is 1260. The second-order valence-corrected chi connectivity index (χ2v) is 12.3. The molecule has 1 saturated heterocycles. The standard InChI is InChI=1S/C24H26F3NO5S2/c1-14-6-9-16(10-7-14)35(30,31)28-19-11-8-15(34-5)12-18(19)23(24(25,26)27)20(28)17(13-32-23)21(29)33-22(2,3)4/h6-12,17,20H,13H2,1-5H3. The number of sulfonamides is 1. The van der Waals surface area contributed by atoms with E-state index in [0.29, 0.717) is 9.20 Å². The fourth-order valence-corrected chi connectivity index (χ4v) is 6.77. The van der Waals surface area contributed by atoms with Gasteiger partial charge in [0.05, 0.1) is 17.2 Å². The molecule has 0 saturated carbocycles. The molecule has 6 nitrogen and oxygen atoms in total. The molecule has 3 atom stereocenters. The van der Waals surface area contributed by atoms with Gasteiger partial charge < -0.3 is 9.47 Å². The Morgan fingerprint density at radius 1 is 1.14 bits per heavy atom. The monoisotopic (exact) mass is 529 g/mol. The molecule has 11 heteroatoms. The SMILES string of the molecule is CSc1ccc2c(c1)C1(C(F)(F)F)OCC(C(=O)OC(C)(C)C)C1N2S(=O)(=O)c1ccc(C)cc1. The molecule has 2 aromatic carbocycles. The van der Waals surface area contributed by atoms with Crippen LogP contribution in [0.2, 0.25) is 0 Å². The van der Waals surface area contributed by atoms with E-state index in [4.69, 9.17) is 9.47 Å². The normalized spacial score (nSPS) is 24.3. The van der Waals surface area contributed by atoms with Gasteiger partial charge in [-0.3, -0.25) is 9.10 Å². The Kier molecular flexibility index (Phi) is 6.21. The fraction of sp³-hybridized carbons (Fsp3) is 0.458. The first-order valence-electron chi connectivity index (χ1n) is 10.9. The summed E-state index contributed by atoms with van der Waals surface area (Å²) >= 11 is 1.22. The Morgan fingerprint density at radius 3 is 2.31 bits per heavy atom. The van der Waals surface area contributed by atoms with Crippen LogP contribution in [0.25, 0.3) is 0 Å². The predicted molar refractivity (Wildman–Crippen MR) is 126 cm³/mol. The van der Waals surface area contributed by atoms with Gasteiger partial charge in [0.15, 0.2) is 0 Å². The molecular weight excluding hydrogens is 503 g/mol. The van der Waals surface area contributed by atoms with Crippen LogP contribution in [-0.4, -0.2) is 45.1 Å². The van der Waals surface area contributed by atoms with Crippen molar-refractivity contribution in [1.82, 2.24) is 0 Å². The molecular formula is C24H26F3NO5S2. The quantitative estimate of drug-likeness (QED) is 0.408. The number of carbonyl (C=O) groups excluding carboxylic acids is 1. The molecule has 190 valence electrons. The van der Waals surface area contributed by atoms with Crippen molar-refractivity contribution in [2.75, 3.05) is 17.2 Å². The Hall–Kier alpha value is -2.24. The van der Waals surface area contributed by atoms with Crippen LogP contribution in [0, 0.1) is 12.8 Å². The maximum absolute atomic E-state index is 14.9. The summed E-state index contributed by atoms with van der Waals surface area (Å²) in [6.45, 7) is 5.90. The minimum Gasteiger partial charge on any atom is -0.460 e. The fourth-order valence-electron chi connectivity index (χ4n) is 4.61. The molecule has 2 aromatic rings. The van der Waals surface area contributed by atoms with E-state index >= 15 is 0 Å². The first kappa shape index (κ1) is 25.8. The summed E-state index contributed by atoms with van der Waals surface area (Å²) in [5.74, 6) is -2.45. The number of anilines is 1. The molecule has 35 heavy (non-hydrogen) atoms. The molecule has 0 spiro atoms. The lowest BCUT2D eigenvalue weighted by atomic mass is 9.85. The van der Waals surface area contributed by atoms with E-state index in [1.807, 2.05) is 0 Å². The van der Waals surface area contributed by atoms with E-state index in [2.05, 4.69) is 0 Å². The van der Waals surface area contributed by atoms with Gasteiger partial charge in [0.2, 0.25) is 5.60 Å². The molecule has 0 N–H and O–H groups in total. The third-order valence-corrected chi connectivity index (χ3v) is 8.63. The topological polar surface area (TPSA) is 72.9 Å². The lowest BCUT2D eigenvalue weighted by molar-refractivity contribution is -0.269. The van der Waals surface area contributed by atoms with Crippen molar-refractivity contribution >= 4 is 33.4 Å². The van der Waals surface area contributed by atoms with E-state index in [9.17, 15) is 26.4 Å². The first-order valence-corrected chi connectivity index (χ1v) is 13.5. The third kappa shape index (κ3) is 4.11. The van der Waals surface area contributed by atoms with Crippen LogP contribution in [0.1, 0.15) is 31.9 Å². The molecule has 2 aliphatic heterocycles. The number of nitrogens with zero attached hydrogens (tertiary/aromatic N) is 1. The average Bonchev–Trinajstić information content (AvgIpc) is 3.27. The van der Waals surface area contributed by atoms with E-state index in [1.165, 1.54) is 36.0 Å². The highest BCUT2D eigenvalue weighted by Gasteiger charge is 2.75. The molecule has 0 amide bonds. The number of ether oxygens (including phenoxy) is 2. The largest absolute Gasteiger partial charge is 0.460 e. The molecule has 2 aliphatic rings. The summed E-state index contributed by atoms with van der Waals surface area (Å²) in [5.41, 5.74) is -3.72. The highest BCUT2D eigenvalue weighted by atomic mass is 32.2. The van der Waals surface area contributed by atoms with E-state index < -0.39 is 51.9 Å². The minimum absolute atomic E-state index is 0.168. The van der Waals surface area contributed by atoms with Gasteiger partial charge in [-0.2, -0.15) is 13.2 Å². The number of hydrogen-bond acceptors (Lipinski definition) is 6. The second-order valence-electron chi connectivity index (χ2n) is 9.63. The molecule has 0 aromatic heterocycles. The number of fused-ring (bicyclic) bond motifs is 3. The number of esters is 1. The predicted octanol–water partition coefficient (Wildman–Crippen LogP) is 5.04. The molecule has 2 heterocycles. The maximum Gasteiger partial charge on any atom is 0.423 e. The summed E-state index contributed by atoms with van der Waals surface area (Å²) in [7, 11) is -4.51. The lowest BCUT2D eigenvalue weighted by Gasteiger charge is -2.35. The summed E-state index contributed by atoms with van der Waals surface area (Å²) < 4.78 is 84.0. The van der Waals surface area contributed by atoms with Gasteiger partial charge in [0.1, 0.15) is 17.6 Å². The zero-order valence-electron chi connectivity index (χ0n) is 19.8. The molecule has 1 fully saturated rings. The molecule has 0 bridgehead atoms. The molecule has 0 radical (unpaired) electrons. The number of alkyl halides is 3. The zero-order valence-corrected chi connectivity index (χ0v) is 21.5. The highest BCUT2D eigenvalue weighted by Crippen LogP contribution is 2.61. The van der Waals surface area contributed by atoms with Crippen LogP contribution >= 0.6 is 11.8 Å². The number of carbonyl (C=O) groups is 1. The summed E-state index contributed by atoms with van der Waals surface area (Å²) in [6, 6.07) is 8.09. The number of benzene rings is 2. The third-order valence-electron chi connectivity index (χ3n) is 6.09. The van der Waals surface area contributed by atoms with Crippen LogP contribution in [0.3, 0.4) is 0 Å². The van der Waals surface area contributed by atoms with Gasteiger partial charge >= 0.3 is 12.1 Å². The van der Waals surface area contributed by atoms with Gasteiger partial charge in [0.25, 0.3) is 10.0 Å². The van der Waals surface area contributed by atoms with E-state index in [0.717, 1.165) is 5.56 Å². The summed E-state index contributed by atoms with van der Waals surface area (Å²) in [5, 5.41) is 0. The van der Waals surface area contributed by atoms with Gasteiger partial charge in [-0.05, 0) is 64.3 Å². The van der Waals surface area contributed by atoms with E-state index in [-0.39, 0.29) is 16.1 Å².